The monoisotopic (exact) mass is 406 g/mol. The Morgan fingerprint density at radius 3 is 2.86 bits per heavy atom. The molecule has 0 aliphatic rings. The van der Waals surface area contributed by atoms with E-state index >= 15 is 0 Å². The second-order valence-corrected chi connectivity index (χ2v) is 7.47. The highest BCUT2D eigenvalue weighted by molar-refractivity contribution is 7.09. The number of nitrogens with one attached hydrogen (secondary N) is 2. The van der Waals surface area contributed by atoms with E-state index in [0.717, 1.165) is 10.8 Å². The minimum Gasteiger partial charge on any atom is -0.486 e. The molecule has 0 aliphatic carbocycles. The number of benzene rings is 2. The number of rotatable bonds is 6. The van der Waals surface area contributed by atoms with Crippen LogP contribution >= 0.6 is 11.3 Å². The molecular weight excluding hydrogens is 388 g/mol. The summed E-state index contributed by atoms with van der Waals surface area (Å²) in [5, 5.41) is 5.87. The van der Waals surface area contributed by atoms with Crippen LogP contribution in [0, 0.1) is 6.92 Å². The number of aromatic amines is 1. The summed E-state index contributed by atoms with van der Waals surface area (Å²) >= 11 is 1.45. The number of thiazole rings is 1. The molecule has 8 heteroatoms. The van der Waals surface area contributed by atoms with Crippen molar-refractivity contribution in [2.24, 2.45) is 0 Å². The Morgan fingerprint density at radius 2 is 2.03 bits per heavy atom. The number of H-pyrrole nitrogens is 1. The van der Waals surface area contributed by atoms with Gasteiger partial charge in [0.15, 0.2) is 0 Å². The van der Waals surface area contributed by atoms with Crippen LogP contribution in [0.3, 0.4) is 0 Å². The topological polar surface area (TPSA) is 97.0 Å². The third-order valence-corrected chi connectivity index (χ3v) is 5.12. The third kappa shape index (κ3) is 4.67. The minimum absolute atomic E-state index is 0.141. The lowest BCUT2D eigenvalue weighted by atomic mass is 10.2. The molecular formula is C21H18N4O3S. The normalized spacial score (nSPS) is 10.8. The van der Waals surface area contributed by atoms with Gasteiger partial charge >= 0.3 is 0 Å². The van der Waals surface area contributed by atoms with Crippen LogP contribution in [0.25, 0.3) is 10.9 Å². The Morgan fingerprint density at radius 1 is 1.21 bits per heavy atom. The van der Waals surface area contributed by atoms with Crippen LogP contribution in [-0.4, -0.2) is 20.9 Å². The number of ether oxygens (including phenoxy) is 1. The molecule has 4 aromatic rings. The Bertz CT molecular complexity index is 1210. The Hall–Kier alpha value is -3.52. The highest BCUT2D eigenvalue weighted by Crippen LogP contribution is 2.17. The molecule has 2 aromatic carbocycles. The number of fused-ring (bicyclic) bond motifs is 1. The summed E-state index contributed by atoms with van der Waals surface area (Å²) in [5.74, 6) is 0.576. The number of aromatic nitrogens is 3. The Balaban J connectivity index is 1.36. The summed E-state index contributed by atoms with van der Waals surface area (Å²) in [4.78, 5) is 35.3. The highest BCUT2D eigenvalue weighted by atomic mass is 32.1. The fourth-order valence-electron chi connectivity index (χ4n) is 2.79. The van der Waals surface area contributed by atoms with Crippen LogP contribution in [0.5, 0.6) is 5.75 Å². The molecule has 7 nitrogen and oxygen atoms in total. The number of amides is 1. The lowest BCUT2D eigenvalue weighted by Gasteiger charge is -2.05. The van der Waals surface area contributed by atoms with Crippen molar-refractivity contribution in [1.82, 2.24) is 15.0 Å². The number of hydrogen-bond acceptors (Lipinski definition) is 6. The molecule has 29 heavy (non-hydrogen) atoms. The van der Waals surface area contributed by atoms with Gasteiger partial charge in [0.2, 0.25) is 5.91 Å². The van der Waals surface area contributed by atoms with Gasteiger partial charge in [0.1, 0.15) is 17.4 Å². The lowest BCUT2D eigenvalue weighted by Crippen LogP contribution is -2.15. The van der Waals surface area contributed by atoms with Gasteiger partial charge in [0.25, 0.3) is 5.56 Å². The van der Waals surface area contributed by atoms with Crippen LogP contribution in [0.2, 0.25) is 0 Å². The molecule has 1 amide bonds. The van der Waals surface area contributed by atoms with Crippen molar-refractivity contribution in [2.75, 3.05) is 5.32 Å². The Labute approximate surface area is 170 Å². The maximum atomic E-state index is 12.3. The van der Waals surface area contributed by atoms with Crippen LogP contribution in [0.15, 0.2) is 59.0 Å². The molecule has 0 aliphatic heterocycles. The van der Waals surface area contributed by atoms with E-state index in [1.54, 1.807) is 18.2 Å². The average molecular weight is 406 g/mol. The van der Waals surface area contributed by atoms with Gasteiger partial charge in [-0.2, -0.15) is 0 Å². The first kappa shape index (κ1) is 18.8. The van der Waals surface area contributed by atoms with Crippen molar-refractivity contribution in [3.8, 4) is 5.75 Å². The Kier molecular flexibility index (Phi) is 5.35. The zero-order valence-electron chi connectivity index (χ0n) is 15.6. The average Bonchev–Trinajstić information content (AvgIpc) is 3.15. The number of carbonyl (C=O) groups is 1. The molecule has 0 bridgehead atoms. The van der Waals surface area contributed by atoms with Crippen LogP contribution in [0.4, 0.5) is 5.69 Å². The molecule has 0 atom stereocenters. The number of nitrogens with zero attached hydrogens (tertiary/aromatic N) is 2. The molecule has 0 spiro atoms. The van der Waals surface area contributed by atoms with Gasteiger partial charge in [0.05, 0.1) is 29.3 Å². The number of aryl methyl sites for hydroxylation is 1. The number of carbonyl (C=O) groups excluding carboxylic acids is 1. The van der Waals surface area contributed by atoms with E-state index in [0.29, 0.717) is 28.9 Å². The molecule has 2 heterocycles. The first-order chi connectivity index (χ1) is 14.1. The van der Waals surface area contributed by atoms with E-state index < -0.39 is 0 Å². The highest BCUT2D eigenvalue weighted by Gasteiger charge is 2.10. The molecule has 0 saturated carbocycles. The molecule has 2 aromatic heterocycles. The molecule has 0 unspecified atom stereocenters. The predicted molar refractivity (Wildman–Crippen MR) is 112 cm³/mol. The van der Waals surface area contributed by atoms with Crippen molar-refractivity contribution in [3.63, 3.8) is 0 Å². The second-order valence-electron chi connectivity index (χ2n) is 6.52. The van der Waals surface area contributed by atoms with Gasteiger partial charge in [-0.1, -0.05) is 17.7 Å². The maximum Gasteiger partial charge on any atom is 0.258 e. The minimum atomic E-state index is -0.246. The van der Waals surface area contributed by atoms with E-state index in [-0.39, 0.29) is 17.9 Å². The summed E-state index contributed by atoms with van der Waals surface area (Å²) < 4.78 is 5.72. The van der Waals surface area contributed by atoms with E-state index in [2.05, 4.69) is 20.3 Å². The SMILES string of the molecule is Cc1ccc(OCc2nc(CC(=O)Nc3ccc4nc[nH]c(=O)c4c3)cs2)cc1. The number of anilines is 1. The van der Waals surface area contributed by atoms with E-state index in [9.17, 15) is 9.59 Å². The smallest absolute Gasteiger partial charge is 0.258 e. The maximum absolute atomic E-state index is 12.3. The standard InChI is InChI=1S/C21H18N4O3S/c1-13-2-5-16(6-3-13)28-10-20-25-15(11-29-20)9-19(26)24-14-4-7-18-17(8-14)21(27)23-12-22-18/h2-8,11-12H,9-10H2,1H3,(H,24,26)(H,22,23,27). The lowest BCUT2D eigenvalue weighted by molar-refractivity contribution is -0.115. The van der Waals surface area contributed by atoms with Crippen LogP contribution < -0.4 is 15.6 Å². The summed E-state index contributed by atoms with van der Waals surface area (Å²) in [6, 6.07) is 12.8. The summed E-state index contributed by atoms with van der Waals surface area (Å²) in [6.45, 7) is 2.38. The van der Waals surface area contributed by atoms with Crippen molar-refractivity contribution < 1.29 is 9.53 Å². The zero-order valence-corrected chi connectivity index (χ0v) is 16.5. The number of hydrogen-bond donors (Lipinski definition) is 2. The molecule has 0 radical (unpaired) electrons. The fraction of sp³-hybridized carbons (Fsp3) is 0.143. The van der Waals surface area contributed by atoms with Gasteiger partial charge in [0, 0.05) is 11.1 Å². The van der Waals surface area contributed by atoms with Crippen molar-refractivity contribution in [1.29, 1.82) is 0 Å². The largest absolute Gasteiger partial charge is 0.486 e. The van der Waals surface area contributed by atoms with Crippen molar-refractivity contribution in [3.05, 3.63) is 80.8 Å². The fourth-order valence-corrected chi connectivity index (χ4v) is 3.50. The molecule has 0 saturated heterocycles. The van der Waals surface area contributed by atoms with Gasteiger partial charge in [-0.25, -0.2) is 9.97 Å². The van der Waals surface area contributed by atoms with E-state index in [1.165, 1.54) is 23.2 Å². The van der Waals surface area contributed by atoms with Crippen molar-refractivity contribution in [2.45, 2.75) is 20.0 Å². The molecule has 2 N–H and O–H groups in total. The van der Waals surface area contributed by atoms with Gasteiger partial charge < -0.3 is 15.0 Å². The third-order valence-electron chi connectivity index (χ3n) is 4.25. The quantitative estimate of drug-likeness (QED) is 0.511. The zero-order chi connectivity index (χ0) is 20.2. The first-order valence-corrected chi connectivity index (χ1v) is 9.85. The van der Waals surface area contributed by atoms with Gasteiger partial charge in [-0.3, -0.25) is 9.59 Å². The first-order valence-electron chi connectivity index (χ1n) is 8.97. The summed E-state index contributed by atoms with van der Waals surface area (Å²) in [6.07, 6.45) is 1.49. The predicted octanol–water partition coefficient (Wildman–Crippen LogP) is 3.45. The van der Waals surface area contributed by atoms with E-state index in [1.807, 2.05) is 36.6 Å². The second kappa shape index (κ2) is 8.24. The molecule has 146 valence electrons. The van der Waals surface area contributed by atoms with Crippen LogP contribution in [0.1, 0.15) is 16.3 Å². The molecule has 4 rings (SSSR count). The van der Waals surface area contributed by atoms with Gasteiger partial charge in [-0.15, -0.1) is 11.3 Å². The molecule has 0 fully saturated rings. The van der Waals surface area contributed by atoms with Crippen molar-refractivity contribution >= 4 is 33.8 Å². The van der Waals surface area contributed by atoms with Crippen LogP contribution in [-0.2, 0) is 17.8 Å². The summed E-state index contributed by atoms with van der Waals surface area (Å²) in [5.41, 5.74) is 2.72. The summed E-state index contributed by atoms with van der Waals surface area (Å²) in [7, 11) is 0. The van der Waals surface area contributed by atoms with Gasteiger partial charge in [-0.05, 0) is 37.3 Å². The van der Waals surface area contributed by atoms with E-state index in [4.69, 9.17) is 4.74 Å².